The summed E-state index contributed by atoms with van der Waals surface area (Å²) < 4.78 is 27.4. The number of carbonyl (C=O) groups excluding carboxylic acids is 2. The zero-order chi connectivity index (χ0) is 21.3. The highest BCUT2D eigenvalue weighted by Crippen LogP contribution is 2.27. The lowest BCUT2D eigenvalue weighted by Gasteiger charge is -2.07. The van der Waals surface area contributed by atoms with Gasteiger partial charge < -0.3 is 5.32 Å². The Hall–Kier alpha value is -3.78. The van der Waals surface area contributed by atoms with E-state index in [2.05, 4.69) is 10.3 Å². The molecular formula is C22H17N3O4S. The zero-order valence-electron chi connectivity index (χ0n) is 15.9. The number of Topliss-reactive ketones (excluding diaryl/α,β-unsaturated/α-hetero) is 1. The molecule has 0 aliphatic rings. The number of amides is 1. The number of aromatic nitrogens is 2. The number of rotatable bonds is 5. The molecule has 2 aromatic carbocycles. The molecule has 0 radical (unpaired) electrons. The summed E-state index contributed by atoms with van der Waals surface area (Å²) in [4.78, 5) is 29.3. The average molecular weight is 419 g/mol. The fourth-order valence-corrected chi connectivity index (χ4v) is 4.47. The van der Waals surface area contributed by atoms with Crippen molar-refractivity contribution in [1.82, 2.24) is 8.96 Å². The maximum Gasteiger partial charge on any atom is 0.296 e. The Morgan fingerprint density at radius 2 is 1.60 bits per heavy atom. The largest absolute Gasteiger partial charge is 0.319 e. The van der Waals surface area contributed by atoms with Gasteiger partial charge in [0.05, 0.1) is 16.0 Å². The standard InChI is InChI=1S/C22H17N3O4S/c1-15-6-8-17(9-7-15)30(28,29)25-14-19(18-4-2-3-5-20(18)25)21(26)22(27)24-16-10-12-23-13-11-16/h2-14H,1H3,(H,23,24,27). The lowest BCUT2D eigenvalue weighted by Crippen LogP contribution is -2.22. The number of carbonyl (C=O) groups is 2. The molecule has 2 heterocycles. The van der Waals surface area contributed by atoms with Gasteiger partial charge in [0.1, 0.15) is 0 Å². The highest BCUT2D eigenvalue weighted by molar-refractivity contribution is 7.90. The molecule has 0 saturated carbocycles. The van der Waals surface area contributed by atoms with Crippen molar-refractivity contribution in [3.05, 3.63) is 90.4 Å². The Labute approximate surface area is 173 Å². The fourth-order valence-electron chi connectivity index (χ4n) is 3.10. The molecule has 0 atom stereocenters. The summed E-state index contributed by atoms with van der Waals surface area (Å²) in [7, 11) is -3.96. The number of para-hydroxylation sites is 1. The van der Waals surface area contributed by atoms with E-state index in [1.807, 2.05) is 6.92 Å². The van der Waals surface area contributed by atoms with Crippen LogP contribution in [0.15, 0.2) is 84.1 Å². The Morgan fingerprint density at radius 3 is 2.30 bits per heavy atom. The highest BCUT2D eigenvalue weighted by Gasteiger charge is 2.26. The van der Waals surface area contributed by atoms with E-state index >= 15 is 0 Å². The van der Waals surface area contributed by atoms with Crippen LogP contribution in [0, 0.1) is 6.92 Å². The van der Waals surface area contributed by atoms with Gasteiger partial charge in [-0.2, -0.15) is 0 Å². The van der Waals surface area contributed by atoms with Crippen LogP contribution in [0.1, 0.15) is 15.9 Å². The molecule has 0 bridgehead atoms. The molecule has 30 heavy (non-hydrogen) atoms. The molecule has 8 heteroatoms. The normalized spacial score (nSPS) is 11.4. The van der Waals surface area contributed by atoms with Gasteiger partial charge in [-0.05, 0) is 37.3 Å². The van der Waals surface area contributed by atoms with Crippen molar-refractivity contribution in [2.24, 2.45) is 0 Å². The van der Waals surface area contributed by atoms with Crippen LogP contribution in [0.2, 0.25) is 0 Å². The first kappa shape index (κ1) is 19.5. The summed E-state index contributed by atoms with van der Waals surface area (Å²) >= 11 is 0. The van der Waals surface area contributed by atoms with E-state index in [4.69, 9.17) is 0 Å². The summed E-state index contributed by atoms with van der Waals surface area (Å²) in [5.41, 5.74) is 1.67. The van der Waals surface area contributed by atoms with E-state index < -0.39 is 21.7 Å². The zero-order valence-corrected chi connectivity index (χ0v) is 16.8. The maximum atomic E-state index is 13.2. The van der Waals surface area contributed by atoms with Crippen LogP contribution in [-0.4, -0.2) is 29.1 Å². The van der Waals surface area contributed by atoms with Crippen LogP contribution in [0.5, 0.6) is 0 Å². The fraction of sp³-hybridized carbons (Fsp3) is 0.0455. The quantitative estimate of drug-likeness (QED) is 0.395. The van der Waals surface area contributed by atoms with Crippen molar-refractivity contribution in [2.75, 3.05) is 5.32 Å². The van der Waals surface area contributed by atoms with Crippen LogP contribution < -0.4 is 5.32 Å². The minimum Gasteiger partial charge on any atom is -0.319 e. The number of ketones is 1. The van der Waals surface area contributed by atoms with Gasteiger partial charge in [0.15, 0.2) is 0 Å². The Balaban J connectivity index is 1.78. The molecule has 0 spiro atoms. The van der Waals surface area contributed by atoms with Crippen molar-refractivity contribution in [1.29, 1.82) is 0 Å². The van der Waals surface area contributed by atoms with Gasteiger partial charge >= 0.3 is 0 Å². The summed E-state index contributed by atoms with van der Waals surface area (Å²) in [6.07, 6.45) is 4.18. The second-order valence-electron chi connectivity index (χ2n) is 6.69. The molecule has 0 fully saturated rings. The van der Waals surface area contributed by atoms with Crippen LogP contribution in [0.25, 0.3) is 10.9 Å². The van der Waals surface area contributed by atoms with E-state index in [1.165, 1.54) is 30.7 Å². The van der Waals surface area contributed by atoms with Gasteiger partial charge in [-0.25, -0.2) is 12.4 Å². The first-order valence-corrected chi connectivity index (χ1v) is 10.5. The Morgan fingerprint density at radius 1 is 0.933 bits per heavy atom. The lowest BCUT2D eigenvalue weighted by molar-refractivity contribution is -0.112. The molecular weight excluding hydrogens is 402 g/mol. The number of anilines is 1. The third-order valence-corrected chi connectivity index (χ3v) is 6.33. The third-order valence-electron chi connectivity index (χ3n) is 4.64. The number of hydrogen-bond donors (Lipinski definition) is 1. The number of aryl methyl sites for hydroxylation is 1. The molecule has 0 saturated heterocycles. The maximum absolute atomic E-state index is 13.2. The SMILES string of the molecule is Cc1ccc(S(=O)(=O)n2cc(C(=O)C(=O)Nc3ccncc3)c3ccccc32)cc1. The van der Waals surface area contributed by atoms with Crippen molar-refractivity contribution < 1.29 is 18.0 Å². The van der Waals surface area contributed by atoms with E-state index in [9.17, 15) is 18.0 Å². The van der Waals surface area contributed by atoms with Crippen LogP contribution in [0.4, 0.5) is 5.69 Å². The van der Waals surface area contributed by atoms with Gasteiger partial charge in [0, 0.05) is 29.7 Å². The molecule has 2 aromatic heterocycles. The van der Waals surface area contributed by atoms with Crippen LogP contribution in [0.3, 0.4) is 0 Å². The monoisotopic (exact) mass is 419 g/mol. The number of hydrogen-bond acceptors (Lipinski definition) is 5. The van der Waals surface area contributed by atoms with Gasteiger partial charge in [-0.15, -0.1) is 0 Å². The molecule has 4 aromatic rings. The third kappa shape index (κ3) is 3.48. The Kier molecular flexibility index (Phi) is 4.93. The number of benzene rings is 2. The number of pyridine rings is 1. The Bertz CT molecular complexity index is 1360. The van der Waals surface area contributed by atoms with Gasteiger partial charge in [0.25, 0.3) is 21.7 Å². The van der Waals surface area contributed by atoms with Gasteiger partial charge in [-0.1, -0.05) is 35.9 Å². The summed E-state index contributed by atoms with van der Waals surface area (Å²) in [5.74, 6) is -1.70. The summed E-state index contributed by atoms with van der Waals surface area (Å²) in [6, 6.07) is 16.1. The second-order valence-corrected chi connectivity index (χ2v) is 8.51. The molecule has 4 rings (SSSR count). The molecule has 1 N–H and O–H groups in total. The number of nitrogens with one attached hydrogen (secondary N) is 1. The van der Waals surface area contributed by atoms with Crippen molar-refractivity contribution in [3.8, 4) is 0 Å². The van der Waals surface area contributed by atoms with Crippen LogP contribution >= 0.6 is 0 Å². The smallest absolute Gasteiger partial charge is 0.296 e. The first-order chi connectivity index (χ1) is 14.4. The number of fused-ring (bicyclic) bond motifs is 1. The summed E-state index contributed by atoms with van der Waals surface area (Å²) in [5, 5.41) is 2.88. The topological polar surface area (TPSA) is 98.1 Å². The first-order valence-electron chi connectivity index (χ1n) is 9.06. The molecule has 0 aliphatic heterocycles. The predicted octanol–water partition coefficient (Wildman–Crippen LogP) is 3.40. The average Bonchev–Trinajstić information content (AvgIpc) is 3.15. The van der Waals surface area contributed by atoms with E-state index in [0.29, 0.717) is 16.6 Å². The molecule has 150 valence electrons. The predicted molar refractivity (Wildman–Crippen MR) is 113 cm³/mol. The molecule has 1 amide bonds. The van der Waals surface area contributed by atoms with Crippen LogP contribution in [-0.2, 0) is 14.8 Å². The minimum atomic E-state index is -3.96. The minimum absolute atomic E-state index is 0.00726. The van der Waals surface area contributed by atoms with E-state index in [0.717, 1.165) is 9.54 Å². The number of nitrogens with zero attached hydrogens (tertiary/aromatic N) is 2. The summed E-state index contributed by atoms with van der Waals surface area (Å²) in [6.45, 7) is 1.86. The molecule has 7 nitrogen and oxygen atoms in total. The molecule has 0 unspecified atom stereocenters. The van der Waals surface area contributed by atoms with E-state index in [1.54, 1.807) is 48.5 Å². The van der Waals surface area contributed by atoms with E-state index in [-0.39, 0.29) is 10.5 Å². The van der Waals surface area contributed by atoms with Crippen molar-refractivity contribution in [3.63, 3.8) is 0 Å². The lowest BCUT2D eigenvalue weighted by atomic mass is 10.1. The second kappa shape index (κ2) is 7.57. The van der Waals surface area contributed by atoms with Crippen molar-refractivity contribution >= 4 is 38.3 Å². The highest BCUT2D eigenvalue weighted by atomic mass is 32.2. The molecule has 0 aliphatic carbocycles. The van der Waals surface area contributed by atoms with Gasteiger partial charge in [-0.3, -0.25) is 14.6 Å². The van der Waals surface area contributed by atoms with Crippen molar-refractivity contribution in [2.45, 2.75) is 11.8 Å². The van der Waals surface area contributed by atoms with Gasteiger partial charge in [0.2, 0.25) is 0 Å².